The van der Waals surface area contributed by atoms with Gasteiger partial charge >= 0.3 is 0 Å². The quantitative estimate of drug-likeness (QED) is 0.0894. The maximum Gasteiger partial charge on any atom is 0.0620 e. The molecule has 9 aromatic rings. The Hall–Kier alpha value is -6.90. The minimum atomic E-state index is 0.425. The molecule has 0 heterocycles. The van der Waals surface area contributed by atoms with Crippen molar-refractivity contribution in [2.75, 3.05) is 9.80 Å². The first-order chi connectivity index (χ1) is 31.0. The summed E-state index contributed by atoms with van der Waals surface area (Å²) in [6.07, 6.45) is 0. The monoisotopic (exact) mass is 832 g/mol. The molecule has 0 amide bonds. The molecule has 64 heavy (non-hydrogen) atoms. The lowest BCUT2D eigenvalue weighted by molar-refractivity contribution is 0.866. The summed E-state index contributed by atoms with van der Waals surface area (Å²) in [6, 6.07) is 72.9. The highest BCUT2D eigenvalue weighted by Gasteiger charge is 2.27. The van der Waals surface area contributed by atoms with Crippen LogP contribution in [0.5, 0.6) is 0 Å². The van der Waals surface area contributed by atoms with Crippen molar-refractivity contribution in [2.24, 2.45) is 0 Å². The minimum Gasteiger partial charge on any atom is -0.309 e. The molecule has 2 nitrogen and oxygen atoms in total. The van der Waals surface area contributed by atoms with Crippen LogP contribution in [0.3, 0.4) is 0 Å². The highest BCUT2D eigenvalue weighted by atomic mass is 15.2. The molecule has 0 fully saturated rings. The molecule has 0 atom stereocenters. The third-order valence-electron chi connectivity index (χ3n) is 13.0. The van der Waals surface area contributed by atoms with Crippen molar-refractivity contribution in [1.82, 2.24) is 0 Å². The Morgan fingerprint density at radius 1 is 0.250 bits per heavy atom. The summed E-state index contributed by atoms with van der Waals surface area (Å²) >= 11 is 0. The van der Waals surface area contributed by atoms with Gasteiger partial charge in [0.15, 0.2) is 0 Å². The van der Waals surface area contributed by atoms with Crippen LogP contribution in [0.4, 0.5) is 34.1 Å². The molecule has 0 N–H and O–H groups in total. The second kappa shape index (κ2) is 18.1. The highest BCUT2D eigenvalue weighted by molar-refractivity contribution is 6.24. The Morgan fingerprint density at radius 3 is 0.766 bits per heavy atom. The minimum absolute atomic E-state index is 0.425. The van der Waals surface area contributed by atoms with Crippen LogP contribution >= 0.6 is 0 Å². The number of fused-ring (bicyclic) bond motifs is 2. The molecule has 0 aromatic heterocycles. The zero-order chi connectivity index (χ0) is 44.5. The summed E-state index contributed by atoms with van der Waals surface area (Å²) in [5, 5.41) is 4.71. The number of hydrogen-bond donors (Lipinski definition) is 0. The van der Waals surface area contributed by atoms with Crippen LogP contribution in [-0.4, -0.2) is 0 Å². The van der Waals surface area contributed by atoms with Crippen LogP contribution < -0.4 is 9.80 Å². The molecule has 9 rings (SSSR count). The molecule has 9 aromatic carbocycles. The van der Waals surface area contributed by atoms with Gasteiger partial charge in [-0.15, -0.1) is 0 Å². The van der Waals surface area contributed by atoms with Gasteiger partial charge < -0.3 is 9.80 Å². The standard InChI is InChI=1S/C62H60N2/c1-41(2)45-19-29-53(30-20-45)63(54-31-21-46(22-32-54)42(3)4)61-57-37-27-52(50-17-13-10-14-18-50)40-60(57)62(58-38-28-51(39-59(58)61)49-15-11-9-12-16-49)64(55-33-23-47(24-34-55)43(5)6)56-35-25-48(26-36-56)44(7)8/h9-44H,1-8H3. The van der Waals surface area contributed by atoms with Crippen molar-refractivity contribution < 1.29 is 0 Å². The largest absolute Gasteiger partial charge is 0.309 e. The lowest BCUT2D eigenvalue weighted by atomic mass is 9.90. The highest BCUT2D eigenvalue weighted by Crippen LogP contribution is 2.52. The first-order valence-corrected chi connectivity index (χ1v) is 23.2. The van der Waals surface area contributed by atoms with Gasteiger partial charge in [0.2, 0.25) is 0 Å². The predicted octanol–water partition coefficient (Wildman–Crippen LogP) is 18.8. The Balaban J connectivity index is 1.45. The van der Waals surface area contributed by atoms with Gasteiger partial charge in [-0.1, -0.05) is 189 Å². The zero-order valence-corrected chi connectivity index (χ0v) is 38.7. The molecular formula is C62H60N2. The molecule has 0 spiro atoms. The lowest BCUT2D eigenvalue weighted by Gasteiger charge is -2.33. The fourth-order valence-corrected chi connectivity index (χ4v) is 9.13. The predicted molar refractivity (Wildman–Crippen MR) is 278 cm³/mol. The van der Waals surface area contributed by atoms with Crippen molar-refractivity contribution in [3.05, 3.63) is 216 Å². The van der Waals surface area contributed by atoms with E-state index in [1.165, 1.54) is 66.1 Å². The van der Waals surface area contributed by atoms with E-state index in [1.807, 2.05) is 0 Å². The molecule has 0 aliphatic carbocycles. The van der Waals surface area contributed by atoms with E-state index >= 15 is 0 Å². The number of rotatable bonds is 12. The third-order valence-corrected chi connectivity index (χ3v) is 13.0. The average molecular weight is 833 g/mol. The smallest absolute Gasteiger partial charge is 0.0620 e. The zero-order valence-electron chi connectivity index (χ0n) is 38.7. The third kappa shape index (κ3) is 8.33. The summed E-state index contributed by atoms with van der Waals surface area (Å²) < 4.78 is 0. The Labute approximate surface area is 381 Å². The molecule has 0 saturated heterocycles. The summed E-state index contributed by atoms with van der Waals surface area (Å²) in [6.45, 7) is 18.2. The van der Waals surface area contributed by atoms with Crippen LogP contribution in [0.15, 0.2) is 194 Å². The van der Waals surface area contributed by atoms with Gasteiger partial charge in [-0.25, -0.2) is 0 Å². The Bertz CT molecular complexity index is 2680. The number of benzene rings is 9. The van der Waals surface area contributed by atoms with Crippen LogP contribution in [-0.2, 0) is 0 Å². The summed E-state index contributed by atoms with van der Waals surface area (Å²) in [7, 11) is 0. The van der Waals surface area contributed by atoms with E-state index in [9.17, 15) is 0 Å². The summed E-state index contributed by atoms with van der Waals surface area (Å²) in [5.41, 5.74) is 16.9. The van der Waals surface area contributed by atoms with Crippen LogP contribution in [0.1, 0.15) is 101 Å². The van der Waals surface area contributed by atoms with E-state index in [0.717, 1.165) is 34.1 Å². The van der Waals surface area contributed by atoms with Crippen molar-refractivity contribution >= 4 is 55.7 Å². The lowest BCUT2D eigenvalue weighted by Crippen LogP contribution is -2.15. The Morgan fingerprint density at radius 2 is 0.516 bits per heavy atom. The molecule has 0 aliphatic rings. The maximum atomic E-state index is 2.51. The number of hydrogen-bond acceptors (Lipinski definition) is 2. The molecule has 318 valence electrons. The molecular weight excluding hydrogens is 773 g/mol. The normalized spacial score (nSPS) is 11.7. The van der Waals surface area contributed by atoms with Crippen molar-refractivity contribution in [3.8, 4) is 22.3 Å². The van der Waals surface area contributed by atoms with Gasteiger partial charge in [0.05, 0.1) is 11.4 Å². The van der Waals surface area contributed by atoms with E-state index in [1.54, 1.807) is 0 Å². The molecule has 0 radical (unpaired) electrons. The van der Waals surface area contributed by atoms with Gasteiger partial charge in [0.1, 0.15) is 0 Å². The fraction of sp³-hybridized carbons (Fsp3) is 0.194. The van der Waals surface area contributed by atoms with Crippen LogP contribution in [0, 0.1) is 0 Å². The van der Waals surface area contributed by atoms with Gasteiger partial charge in [0.25, 0.3) is 0 Å². The molecule has 0 saturated carbocycles. The molecule has 0 unspecified atom stereocenters. The van der Waals surface area contributed by atoms with Crippen molar-refractivity contribution in [1.29, 1.82) is 0 Å². The number of anilines is 6. The van der Waals surface area contributed by atoms with Gasteiger partial charge in [-0.3, -0.25) is 0 Å². The van der Waals surface area contributed by atoms with E-state index < -0.39 is 0 Å². The van der Waals surface area contributed by atoms with Crippen LogP contribution in [0.2, 0.25) is 0 Å². The van der Waals surface area contributed by atoms with E-state index in [-0.39, 0.29) is 0 Å². The van der Waals surface area contributed by atoms with Crippen LogP contribution in [0.25, 0.3) is 43.8 Å². The van der Waals surface area contributed by atoms with E-state index in [2.05, 4.69) is 259 Å². The average Bonchev–Trinajstić information content (AvgIpc) is 3.33. The van der Waals surface area contributed by atoms with Crippen molar-refractivity contribution in [3.63, 3.8) is 0 Å². The SMILES string of the molecule is CC(C)c1ccc(N(c2ccc(C(C)C)cc2)c2c3ccc(-c4ccccc4)cc3c(N(c3ccc(C(C)C)cc3)c3ccc(C(C)C)cc3)c3ccc(-c4ccccc4)cc23)cc1. The number of nitrogens with zero attached hydrogens (tertiary/aromatic N) is 2. The van der Waals surface area contributed by atoms with Crippen molar-refractivity contribution in [2.45, 2.75) is 79.1 Å². The summed E-state index contributed by atoms with van der Waals surface area (Å²) in [5.74, 6) is 1.70. The first-order valence-electron chi connectivity index (χ1n) is 23.2. The molecule has 0 aliphatic heterocycles. The maximum absolute atomic E-state index is 2.51. The topological polar surface area (TPSA) is 6.48 Å². The van der Waals surface area contributed by atoms with E-state index in [4.69, 9.17) is 0 Å². The fourth-order valence-electron chi connectivity index (χ4n) is 9.13. The van der Waals surface area contributed by atoms with Gasteiger partial charge in [0, 0.05) is 44.3 Å². The second-order valence-electron chi connectivity index (χ2n) is 18.6. The Kier molecular flexibility index (Phi) is 12.0. The second-order valence-corrected chi connectivity index (χ2v) is 18.6. The van der Waals surface area contributed by atoms with E-state index in [0.29, 0.717) is 23.7 Å². The van der Waals surface area contributed by atoms with Gasteiger partial charge in [-0.2, -0.15) is 0 Å². The first kappa shape index (κ1) is 42.4. The van der Waals surface area contributed by atoms with Gasteiger partial charge in [-0.05, 0) is 129 Å². The summed E-state index contributed by atoms with van der Waals surface area (Å²) in [4.78, 5) is 5.03. The molecule has 2 heteroatoms. The molecule has 0 bridgehead atoms.